The summed E-state index contributed by atoms with van der Waals surface area (Å²) in [5.41, 5.74) is 0. The standard InChI is InChI=1S/C12H23BNO3S/c1-9(2)15-13(16-10(3)4,17-11(5)6)12-14-7-8-18-12/h7-11H,1-6H3/q-1. The maximum atomic E-state index is 5.97. The highest BCUT2D eigenvalue weighted by molar-refractivity contribution is 7.22. The van der Waals surface area contributed by atoms with Crippen molar-refractivity contribution in [3.8, 4) is 0 Å². The normalized spacial score (nSPS) is 12.9. The maximum absolute atomic E-state index is 5.97. The van der Waals surface area contributed by atoms with Crippen molar-refractivity contribution < 1.29 is 14.0 Å². The minimum atomic E-state index is -1.97. The molecule has 0 saturated carbocycles. The van der Waals surface area contributed by atoms with Crippen LogP contribution in [0.25, 0.3) is 0 Å². The van der Waals surface area contributed by atoms with Crippen LogP contribution < -0.4 is 4.91 Å². The average Bonchev–Trinajstić information content (AvgIpc) is 2.65. The van der Waals surface area contributed by atoms with E-state index in [-0.39, 0.29) is 18.3 Å². The Hall–Kier alpha value is -0.425. The second kappa shape index (κ2) is 6.66. The van der Waals surface area contributed by atoms with Crippen molar-refractivity contribution in [3.05, 3.63) is 11.6 Å². The summed E-state index contributed by atoms with van der Waals surface area (Å²) in [5.74, 6) is 0. The summed E-state index contributed by atoms with van der Waals surface area (Å²) < 4.78 is 17.9. The Balaban J connectivity index is 3.07. The molecule has 0 saturated heterocycles. The number of hydrogen-bond donors (Lipinski definition) is 0. The molecule has 0 bridgehead atoms. The number of nitrogens with zero attached hydrogens (tertiary/aromatic N) is 1. The van der Waals surface area contributed by atoms with Crippen LogP contribution in [-0.4, -0.2) is 30.1 Å². The smallest absolute Gasteiger partial charge is 0.438 e. The van der Waals surface area contributed by atoms with E-state index in [1.54, 1.807) is 6.20 Å². The summed E-state index contributed by atoms with van der Waals surface area (Å²) >= 11 is 1.50. The molecule has 18 heavy (non-hydrogen) atoms. The monoisotopic (exact) mass is 272 g/mol. The Morgan fingerprint density at radius 3 is 1.67 bits per heavy atom. The SMILES string of the molecule is CC(C)O[B-](OC(C)C)(OC(C)C)c1nccs1. The topological polar surface area (TPSA) is 40.6 Å². The molecule has 0 unspecified atom stereocenters. The van der Waals surface area contributed by atoms with Gasteiger partial charge in [0.1, 0.15) is 0 Å². The Labute approximate surface area is 114 Å². The molecule has 0 radical (unpaired) electrons. The summed E-state index contributed by atoms with van der Waals surface area (Å²) in [4.78, 5) is 5.07. The summed E-state index contributed by atoms with van der Waals surface area (Å²) in [6.45, 7) is 9.85. The van der Waals surface area contributed by atoms with Gasteiger partial charge in [-0.05, 0) is 41.5 Å². The minimum Gasteiger partial charge on any atom is -0.537 e. The zero-order valence-corrected chi connectivity index (χ0v) is 12.9. The molecule has 0 aromatic carbocycles. The van der Waals surface area contributed by atoms with Gasteiger partial charge in [0.05, 0.1) is 0 Å². The highest BCUT2D eigenvalue weighted by Crippen LogP contribution is 2.18. The molecule has 0 aliphatic rings. The first-order valence-electron chi connectivity index (χ1n) is 6.42. The molecule has 0 N–H and O–H groups in total. The molecule has 1 aromatic heterocycles. The molecule has 6 heteroatoms. The molecule has 1 rings (SSSR count). The van der Waals surface area contributed by atoms with Crippen molar-refractivity contribution in [2.24, 2.45) is 0 Å². The van der Waals surface area contributed by atoms with E-state index in [0.29, 0.717) is 0 Å². The maximum Gasteiger partial charge on any atom is 0.438 e. The fourth-order valence-electron chi connectivity index (χ4n) is 1.75. The predicted octanol–water partition coefficient (Wildman–Crippen LogP) is 2.56. The summed E-state index contributed by atoms with van der Waals surface area (Å²) in [6.07, 6.45) is 1.76. The van der Waals surface area contributed by atoms with Crippen LogP contribution in [0.1, 0.15) is 41.5 Å². The van der Waals surface area contributed by atoms with Crippen LogP contribution >= 0.6 is 11.3 Å². The van der Waals surface area contributed by atoms with Gasteiger partial charge >= 0.3 is 6.75 Å². The van der Waals surface area contributed by atoms with Gasteiger partial charge in [0.15, 0.2) is 0 Å². The van der Waals surface area contributed by atoms with Crippen LogP contribution in [-0.2, 0) is 14.0 Å². The fraction of sp³-hybridized carbons (Fsp3) is 0.750. The highest BCUT2D eigenvalue weighted by Gasteiger charge is 2.37. The van der Waals surface area contributed by atoms with Crippen molar-refractivity contribution in [1.29, 1.82) is 0 Å². The number of rotatable bonds is 7. The zero-order chi connectivity index (χ0) is 13.8. The number of thiazole rings is 1. The van der Waals surface area contributed by atoms with E-state index in [2.05, 4.69) is 4.98 Å². The van der Waals surface area contributed by atoms with E-state index in [1.165, 1.54) is 11.3 Å². The predicted molar refractivity (Wildman–Crippen MR) is 76.2 cm³/mol. The van der Waals surface area contributed by atoms with Crippen molar-refractivity contribution >= 4 is 23.0 Å². The Morgan fingerprint density at radius 1 is 0.944 bits per heavy atom. The first kappa shape index (κ1) is 15.6. The lowest BCUT2D eigenvalue weighted by molar-refractivity contribution is 0.0153. The Kier molecular flexibility index (Phi) is 5.78. The summed E-state index contributed by atoms with van der Waals surface area (Å²) in [7, 11) is 0. The largest absolute Gasteiger partial charge is 0.537 e. The summed E-state index contributed by atoms with van der Waals surface area (Å²) in [6, 6.07) is 0. The lowest BCUT2D eigenvalue weighted by Gasteiger charge is -2.44. The summed E-state index contributed by atoms with van der Waals surface area (Å²) in [5, 5.41) is 1.91. The lowest BCUT2D eigenvalue weighted by atomic mass is 9.77. The van der Waals surface area contributed by atoms with Crippen LogP contribution in [0.5, 0.6) is 0 Å². The second-order valence-electron chi connectivity index (χ2n) is 5.07. The van der Waals surface area contributed by atoms with Crippen molar-refractivity contribution in [2.75, 3.05) is 0 Å². The van der Waals surface area contributed by atoms with E-state index in [4.69, 9.17) is 14.0 Å². The lowest BCUT2D eigenvalue weighted by Crippen LogP contribution is -2.60. The van der Waals surface area contributed by atoms with E-state index in [0.717, 1.165) is 4.91 Å². The van der Waals surface area contributed by atoms with E-state index >= 15 is 0 Å². The third-order valence-electron chi connectivity index (χ3n) is 2.11. The van der Waals surface area contributed by atoms with Gasteiger partial charge in [0, 0.05) is 34.8 Å². The number of aromatic nitrogens is 1. The second-order valence-corrected chi connectivity index (χ2v) is 5.99. The molecule has 0 aliphatic carbocycles. The molecule has 0 aliphatic heterocycles. The van der Waals surface area contributed by atoms with Gasteiger partial charge < -0.3 is 14.0 Å². The molecule has 4 nitrogen and oxygen atoms in total. The van der Waals surface area contributed by atoms with E-state index in [9.17, 15) is 0 Å². The molecular weight excluding hydrogens is 249 g/mol. The van der Waals surface area contributed by atoms with E-state index in [1.807, 2.05) is 46.9 Å². The number of hydrogen-bond acceptors (Lipinski definition) is 5. The van der Waals surface area contributed by atoms with Crippen LogP contribution in [0, 0.1) is 0 Å². The van der Waals surface area contributed by atoms with Gasteiger partial charge in [-0.2, -0.15) is 11.3 Å². The van der Waals surface area contributed by atoms with Gasteiger partial charge in [-0.3, -0.25) is 4.98 Å². The first-order valence-corrected chi connectivity index (χ1v) is 7.30. The van der Waals surface area contributed by atoms with Gasteiger partial charge in [-0.25, -0.2) is 0 Å². The Morgan fingerprint density at radius 2 is 1.39 bits per heavy atom. The van der Waals surface area contributed by atoms with Gasteiger partial charge in [-0.15, -0.1) is 0 Å². The molecule has 0 amide bonds. The highest BCUT2D eigenvalue weighted by atomic mass is 32.1. The fourth-order valence-corrected chi connectivity index (χ4v) is 2.47. The van der Waals surface area contributed by atoms with Gasteiger partial charge in [0.25, 0.3) is 0 Å². The zero-order valence-electron chi connectivity index (χ0n) is 12.0. The van der Waals surface area contributed by atoms with Crippen LogP contribution in [0.15, 0.2) is 11.6 Å². The van der Waals surface area contributed by atoms with Crippen molar-refractivity contribution in [1.82, 2.24) is 4.98 Å². The quantitative estimate of drug-likeness (QED) is 0.715. The van der Waals surface area contributed by atoms with Crippen molar-refractivity contribution in [2.45, 2.75) is 59.9 Å². The third kappa shape index (κ3) is 4.35. The van der Waals surface area contributed by atoms with Gasteiger partial charge in [0.2, 0.25) is 0 Å². The molecule has 0 spiro atoms. The molecule has 0 fully saturated rings. The molecule has 1 heterocycles. The molecule has 104 valence electrons. The van der Waals surface area contributed by atoms with Crippen LogP contribution in [0.3, 0.4) is 0 Å². The Bertz CT molecular complexity index is 315. The van der Waals surface area contributed by atoms with Crippen LogP contribution in [0.4, 0.5) is 0 Å². The third-order valence-corrected chi connectivity index (χ3v) is 3.00. The van der Waals surface area contributed by atoms with E-state index < -0.39 is 6.75 Å². The first-order chi connectivity index (χ1) is 8.35. The van der Waals surface area contributed by atoms with Crippen molar-refractivity contribution in [3.63, 3.8) is 0 Å². The van der Waals surface area contributed by atoms with Gasteiger partial charge in [-0.1, -0.05) is 0 Å². The molecule has 0 atom stereocenters. The van der Waals surface area contributed by atoms with Crippen LogP contribution in [0.2, 0.25) is 0 Å². The molecular formula is C12H23BNO3S-. The minimum absolute atomic E-state index is 0.00593. The molecule has 1 aromatic rings. The average molecular weight is 272 g/mol.